The molecule has 1 N–H and O–H groups in total. The Labute approximate surface area is 152 Å². The fraction of sp³-hybridized carbons (Fsp3) is 0.105. The molecular formula is C19H14BrNO2S. The number of hydrogen-bond acceptors (Lipinski definition) is 3. The molecule has 1 atom stereocenters. The first-order valence-electron chi connectivity index (χ1n) is 7.53. The van der Waals surface area contributed by atoms with Gasteiger partial charge in [0.25, 0.3) is 5.91 Å². The van der Waals surface area contributed by atoms with Crippen LogP contribution >= 0.6 is 27.3 Å². The number of rotatable bonds is 3. The minimum Gasteiger partial charge on any atom is -0.363 e. The Morgan fingerprint density at radius 3 is 2.50 bits per heavy atom. The predicted octanol–water partition coefficient (Wildman–Crippen LogP) is 4.36. The van der Waals surface area contributed by atoms with E-state index in [-0.39, 0.29) is 5.91 Å². The van der Waals surface area contributed by atoms with Gasteiger partial charge in [0, 0.05) is 26.0 Å². The summed E-state index contributed by atoms with van der Waals surface area (Å²) in [7, 11) is 0. The van der Waals surface area contributed by atoms with Gasteiger partial charge in [-0.3, -0.25) is 9.69 Å². The number of benzene rings is 2. The number of nitrogens with zero attached hydrogens (tertiary/aromatic N) is 1. The third-order valence-electron chi connectivity index (χ3n) is 4.31. The van der Waals surface area contributed by atoms with Crippen molar-refractivity contribution >= 4 is 33.2 Å². The molecule has 0 saturated heterocycles. The summed E-state index contributed by atoms with van der Waals surface area (Å²) in [5.41, 5.74) is 0.409. The lowest BCUT2D eigenvalue weighted by atomic mass is 9.94. The maximum atomic E-state index is 12.9. The molecular weight excluding hydrogens is 386 g/mol. The standard InChI is InChI=1S/C19H14BrNO2S/c20-14-9-7-13(8-10-14)19(23)17-6-2-1-5-16(17)18(22)21(19)12-15-4-3-11-24-15/h1-11,23H,12H2/t19-/m0/s1. The molecule has 2 heterocycles. The zero-order chi connectivity index (χ0) is 16.7. The third kappa shape index (κ3) is 2.32. The number of carbonyl (C=O) groups is 1. The van der Waals surface area contributed by atoms with Crippen LogP contribution in [0.1, 0.15) is 26.4 Å². The lowest BCUT2D eigenvalue weighted by Gasteiger charge is -2.34. The quantitative estimate of drug-likeness (QED) is 0.710. The van der Waals surface area contributed by atoms with Crippen molar-refractivity contribution in [1.29, 1.82) is 0 Å². The predicted molar refractivity (Wildman–Crippen MR) is 97.8 cm³/mol. The summed E-state index contributed by atoms with van der Waals surface area (Å²) in [5, 5.41) is 13.6. The lowest BCUT2D eigenvalue weighted by molar-refractivity contribution is -0.0538. The average Bonchev–Trinajstić information content (AvgIpc) is 3.18. The van der Waals surface area contributed by atoms with Gasteiger partial charge in [-0.05, 0) is 29.6 Å². The summed E-state index contributed by atoms with van der Waals surface area (Å²) in [5.74, 6) is -0.149. The van der Waals surface area contributed by atoms with Crippen molar-refractivity contribution in [2.75, 3.05) is 0 Å². The van der Waals surface area contributed by atoms with Gasteiger partial charge in [0.15, 0.2) is 5.72 Å². The van der Waals surface area contributed by atoms with Crippen LogP contribution in [0.2, 0.25) is 0 Å². The molecule has 1 aromatic heterocycles. The van der Waals surface area contributed by atoms with Gasteiger partial charge in [-0.25, -0.2) is 0 Å². The Hall–Kier alpha value is -1.95. The van der Waals surface area contributed by atoms with Gasteiger partial charge in [0.1, 0.15) is 0 Å². The van der Waals surface area contributed by atoms with Crippen molar-refractivity contribution < 1.29 is 9.90 Å². The van der Waals surface area contributed by atoms with Crippen molar-refractivity contribution in [1.82, 2.24) is 4.90 Å². The van der Waals surface area contributed by atoms with Crippen LogP contribution in [0.15, 0.2) is 70.5 Å². The minimum atomic E-state index is -1.46. The molecule has 0 aliphatic carbocycles. The third-order valence-corrected chi connectivity index (χ3v) is 5.70. The highest BCUT2D eigenvalue weighted by atomic mass is 79.9. The van der Waals surface area contributed by atoms with E-state index in [1.807, 2.05) is 60.0 Å². The molecule has 0 spiro atoms. The molecule has 0 radical (unpaired) electrons. The summed E-state index contributed by atoms with van der Waals surface area (Å²) in [6.45, 7) is 0.373. The molecule has 1 aliphatic heterocycles. The fourth-order valence-corrected chi connectivity index (χ4v) is 4.11. The second kappa shape index (κ2) is 5.84. The highest BCUT2D eigenvalue weighted by molar-refractivity contribution is 9.10. The molecule has 0 fully saturated rings. The van der Waals surface area contributed by atoms with E-state index in [0.717, 1.165) is 9.35 Å². The summed E-state index contributed by atoms with van der Waals surface area (Å²) < 4.78 is 0.928. The van der Waals surface area contributed by atoms with Gasteiger partial charge < -0.3 is 5.11 Å². The van der Waals surface area contributed by atoms with Crippen LogP contribution in [0.3, 0.4) is 0 Å². The van der Waals surface area contributed by atoms with Gasteiger partial charge in [0.05, 0.1) is 6.54 Å². The molecule has 3 nitrogen and oxygen atoms in total. The summed E-state index contributed by atoms with van der Waals surface area (Å²) >= 11 is 4.99. The second-order valence-corrected chi connectivity index (χ2v) is 7.64. The number of fused-ring (bicyclic) bond motifs is 1. The van der Waals surface area contributed by atoms with Crippen LogP contribution in [0.25, 0.3) is 0 Å². The van der Waals surface area contributed by atoms with E-state index < -0.39 is 5.72 Å². The molecule has 2 aromatic carbocycles. The molecule has 4 rings (SSSR count). The average molecular weight is 400 g/mol. The summed E-state index contributed by atoms with van der Waals surface area (Å²) in [6, 6.07) is 18.7. The van der Waals surface area contributed by atoms with Crippen molar-refractivity contribution in [3.8, 4) is 0 Å². The minimum absolute atomic E-state index is 0.149. The molecule has 24 heavy (non-hydrogen) atoms. The molecule has 5 heteroatoms. The van der Waals surface area contributed by atoms with E-state index in [0.29, 0.717) is 23.2 Å². The van der Waals surface area contributed by atoms with Crippen molar-refractivity contribution in [2.24, 2.45) is 0 Å². The molecule has 120 valence electrons. The van der Waals surface area contributed by atoms with E-state index in [1.165, 1.54) is 0 Å². The number of hydrogen-bond donors (Lipinski definition) is 1. The fourth-order valence-electron chi connectivity index (χ4n) is 3.15. The van der Waals surface area contributed by atoms with Crippen molar-refractivity contribution in [3.63, 3.8) is 0 Å². The summed E-state index contributed by atoms with van der Waals surface area (Å²) in [6.07, 6.45) is 0. The maximum Gasteiger partial charge on any atom is 0.257 e. The van der Waals surface area contributed by atoms with Crippen LogP contribution in [0, 0.1) is 0 Å². The van der Waals surface area contributed by atoms with Crippen LogP contribution < -0.4 is 0 Å². The van der Waals surface area contributed by atoms with Crippen molar-refractivity contribution in [3.05, 3.63) is 92.1 Å². The number of aliphatic hydroxyl groups is 1. The van der Waals surface area contributed by atoms with Crippen molar-refractivity contribution in [2.45, 2.75) is 12.3 Å². The summed E-state index contributed by atoms with van der Waals surface area (Å²) in [4.78, 5) is 15.5. The molecule has 1 amide bonds. The largest absolute Gasteiger partial charge is 0.363 e. The normalized spacial score (nSPS) is 19.6. The van der Waals surface area contributed by atoms with Crippen LogP contribution in [0.4, 0.5) is 0 Å². The highest BCUT2D eigenvalue weighted by Crippen LogP contribution is 2.43. The van der Waals surface area contributed by atoms with E-state index >= 15 is 0 Å². The smallest absolute Gasteiger partial charge is 0.257 e. The Kier molecular flexibility index (Phi) is 3.79. The SMILES string of the molecule is O=C1c2ccccc2[C@@](O)(c2ccc(Br)cc2)N1Cc1cccs1. The first-order chi connectivity index (χ1) is 11.6. The second-order valence-electron chi connectivity index (χ2n) is 5.70. The van der Waals surface area contributed by atoms with E-state index in [9.17, 15) is 9.90 Å². The van der Waals surface area contributed by atoms with Gasteiger partial charge in [0.2, 0.25) is 0 Å². The molecule has 0 saturated carbocycles. The first-order valence-corrected chi connectivity index (χ1v) is 9.20. The van der Waals surface area contributed by atoms with Gasteiger partial charge in [-0.2, -0.15) is 0 Å². The maximum absolute atomic E-state index is 12.9. The Bertz CT molecular complexity index is 892. The molecule has 0 unspecified atom stereocenters. The van der Waals surface area contributed by atoms with Gasteiger partial charge in [-0.15, -0.1) is 11.3 Å². The molecule has 1 aliphatic rings. The number of carbonyl (C=O) groups excluding carboxylic acids is 1. The Morgan fingerprint density at radius 1 is 1.04 bits per heavy atom. The molecule has 0 bridgehead atoms. The van der Waals surface area contributed by atoms with E-state index in [1.54, 1.807) is 22.3 Å². The highest BCUT2D eigenvalue weighted by Gasteiger charge is 2.49. The van der Waals surface area contributed by atoms with Gasteiger partial charge >= 0.3 is 0 Å². The van der Waals surface area contributed by atoms with E-state index in [4.69, 9.17) is 0 Å². The number of thiophene rings is 1. The Morgan fingerprint density at radius 2 is 1.79 bits per heavy atom. The lowest BCUT2D eigenvalue weighted by Crippen LogP contribution is -2.44. The van der Waals surface area contributed by atoms with E-state index in [2.05, 4.69) is 15.9 Å². The van der Waals surface area contributed by atoms with Gasteiger partial charge in [-0.1, -0.05) is 52.3 Å². The molecule has 3 aromatic rings. The van der Waals surface area contributed by atoms with Crippen LogP contribution in [-0.4, -0.2) is 15.9 Å². The van der Waals surface area contributed by atoms with Crippen LogP contribution in [-0.2, 0) is 12.3 Å². The Balaban J connectivity index is 1.88. The topological polar surface area (TPSA) is 40.5 Å². The first kappa shape index (κ1) is 15.6. The zero-order valence-electron chi connectivity index (χ0n) is 12.6. The van der Waals surface area contributed by atoms with Crippen LogP contribution in [0.5, 0.6) is 0 Å². The number of halogens is 1. The number of amides is 1. The zero-order valence-corrected chi connectivity index (χ0v) is 15.0. The monoisotopic (exact) mass is 399 g/mol.